The summed E-state index contributed by atoms with van der Waals surface area (Å²) < 4.78 is 5.43. The summed E-state index contributed by atoms with van der Waals surface area (Å²) in [5.41, 5.74) is 2.74. The zero-order valence-corrected chi connectivity index (χ0v) is 11.8. The van der Waals surface area contributed by atoms with E-state index in [2.05, 4.69) is 34.1 Å². The summed E-state index contributed by atoms with van der Waals surface area (Å²) in [6, 6.07) is 9.12. The van der Waals surface area contributed by atoms with Gasteiger partial charge in [0.05, 0.1) is 6.10 Å². The molecule has 104 valence electrons. The van der Waals surface area contributed by atoms with E-state index in [-0.39, 0.29) is 0 Å². The number of nitrogens with zero attached hydrogens (tertiary/aromatic N) is 2. The Hall–Kier alpha value is -1.22. The minimum Gasteiger partial charge on any atom is -0.381 e. The smallest absolute Gasteiger partial charge is 0.0605 e. The molecule has 19 heavy (non-hydrogen) atoms. The molecule has 3 rings (SSSR count). The lowest BCUT2D eigenvalue weighted by Crippen LogP contribution is -2.36. The highest BCUT2D eigenvalue weighted by molar-refractivity contribution is 5.56. The third-order valence-corrected chi connectivity index (χ3v) is 4.46. The van der Waals surface area contributed by atoms with Gasteiger partial charge in [0.1, 0.15) is 0 Å². The van der Waals surface area contributed by atoms with E-state index in [0.717, 1.165) is 25.9 Å². The summed E-state index contributed by atoms with van der Waals surface area (Å²) >= 11 is 0. The number of benzene rings is 1. The summed E-state index contributed by atoms with van der Waals surface area (Å²) in [4.78, 5) is 4.96. The van der Waals surface area contributed by atoms with Gasteiger partial charge in [-0.05, 0) is 49.9 Å². The van der Waals surface area contributed by atoms with Crippen molar-refractivity contribution in [1.29, 1.82) is 0 Å². The van der Waals surface area contributed by atoms with Gasteiger partial charge in [-0.2, -0.15) is 0 Å². The molecule has 2 fully saturated rings. The molecule has 2 saturated heterocycles. The maximum absolute atomic E-state index is 5.43. The molecule has 0 spiro atoms. The van der Waals surface area contributed by atoms with Gasteiger partial charge in [0.15, 0.2) is 0 Å². The van der Waals surface area contributed by atoms with Crippen molar-refractivity contribution in [2.75, 3.05) is 43.1 Å². The maximum Gasteiger partial charge on any atom is 0.0605 e. The number of anilines is 2. The Morgan fingerprint density at radius 3 is 1.79 bits per heavy atom. The van der Waals surface area contributed by atoms with Crippen molar-refractivity contribution in [2.45, 2.75) is 31.8 Å². The van der Waals surface area contributed by atoms with Gasteiger partial charge in [-0.1, -0.05) is 0 Å². The number of hydrogen-bond acceptors (Lipinski definition) is 3. The predicted octanol–water partition coefficient (Wildman–Crippen LogP) is 2.90. The van der Waals surface area contributed by atoms with E-state index in [0.29, 0.717) is 6.10 Å². The molecule has 0 saturated carbocycles. The Labute approximate surface area is 116 Å². The summed E-state index contributed by atoms with van der Waals surface area (Å²) in [5, 5.41) is 0. The van der Waals surface area contributed by atoms with Crippen molar-refractivity contribution in [3.05, 3.63) is 24.3 Å². The molecule has 0 aromatic heterocycles. The van der Waals surface area contributed by atoms with Crippen LogP contribution in [0.15, 0.2) is 24.3 Å². The molecule has 0 bridgehead atoms. The fourth-order valence-corrected chi connectivity index (χ4v) is 3.20. The number of methoxy groups -OCH3 is 1. The van der Waals surface area contributed by atoms with Crippen LogP contribution in [-0.4, -0.2) is 39.4 Å². The van der Waals surface area contributed by atoms with Crippen LogP contribution in [0.1, 0.15) is 25.7 Å². The first-order valence-corrected chi connectivity index (χ1v) is 7.49. The van der Waals surface area contributed by atoms with Crippen molar-refractivity contribution in [3.8, 4) is 0 Å². The van der Waals surface area contributed by atoms with Crippen LogP contribution in [0.2, 0.25) is 0 Å². The molecule has 2 aliphatic rings. The van der Waals surface area contributed by atoms with Crippen LogP contribution in [0.25, 0.3) is 0 Å². The molecule has 1 aromatic rings. The Kier molecular flexibility index (Phi) is 3.92. The predicted molar refractivity (Wildman–Crippen MR) is 80.1 cm³/mol. The normalized spacial score (nSPS) is 21.1. The number of ether oxygens (including phenoxy) is 1. The Morgan fingerprint density at radius 1 is 0.842 bits per heavy atom. The van der Waals surface area contributed by atoms with Gasteiger partial charge in [0.2, 0.25) is 0 Å². The molecule has 0 N–H and O–H groups in total. The zero-order chi connectivity index (χ0) is 13.1. The molecular weight excluding hydrogens is 236 g/mol. The Bertz CT molecular complexity index is 390. The van der Waals surface area contributed by atoms with Crippen molar-refractivity contribution >= 4 is 11.4 Å². The third kappa shape index (κ3) is 2.86. The molecule has 3 heteroatoms. The maximum atomic E-state index is 5.43. The quantitative estimate of drug-likeness (QED) is 0.831. The average molecular weight is 260 g/mol. The van der Waals surface area contributed by atoms with Crippen LogP contribution in [0, 0.1) is 0 Å². The number of hydrogen-bond donors (Lipinski definition) is 0. The van der Waals surface area contributed by atoms with Crippen LogP contribution >= 0.6 is 0 Å². The van der Waals surface area contributed by atoms with E-state index in [1.165, 1.54) is 37.3 Å². The van der Waals surface area contributed by atoms with E-state index in [1.807, 2.05) is 7.11 Å². The van der Waals surface area contributed by atoms with Gasteiger partial charge >= 0.3 is 0 Å². The van der Waals surface area contributed by atoms with E-state index in [9.17, 15) is 0 Å². The first-order chi connectivity index (χ1) is 9.36. The highest BCUT2D eigenvalue weighted by atomic mass is 16.5. The van der Waals surface area contributed by atoms with Crippen LogP contribution in [0.4, 0.5) is 11.4 Å². The number of piperidine rings is 1. The fraction of sp³-hybridized carbons (Fsp3) is 0.625. The summed E-state index contributed by atoms with van der Waals surface area (Å²) in [5.74, 6) is 0. The van der Waals surface area contributed by atoms with E-state index in [1.54, 1.807) is 0 Å². The molecule has 0 radical (unpaired) electrons. The van der Waals surface area contributed by atoms with Crippen molar-refractivity contribution in [2.24, 2.45) is 0 Å². The molecule has 1 aromatic carbocycles. The molecule has 2 aliphatic heterocycles. The van der Waals surface area contributed by atoms with E-state index >= 15 is 0 Å². The molecule has 0 atom stereocenters. The first kappa shape index (κ1) is 12.8. The van der Waals surface area contributed by atoms with Crippen molar-refractivity contribution in [1.82, 2.24) is 0 Å². The van der Waals surface area contributed by atoms with E-state index in [4.69, 9.17) is 4.74 Å². The van der Waals surface area contributed by atoms with Gasteiger partial charge in [-0.3, -0.25) is 0 Å². The third-order valence-electron chi connectivity index (χ3n) is 4.46. The second-order valence-corrected chi connectivity index (χ2v) is 5.63. The lowest BCUT2D eigenvalue weighted by Gasteiger charge is -2.33. The van der Waals surface area contributed by atoms with Crippen LogP contribution in [0.3, 0.4) is 0 Å². The highest BCUT2D eigenvalue weighted by Crippen LogP contribution is 2.26. The monoisotopic (exact) mass is 260 g/mol. The summed E-state index contributed by atoms with van der Waals surface area (Å²) in [6.45, 7) is 4.67. The summed E-state index contributed by atoms with van der Waals surface area (Å²) in [7, 11) is 1.82. The van der Waals surface area contributed by atoms with E-state index < -0.39 is 0 Å². The van der Waals surface area contributed by atoms with Crippen LogP contribution in [0.5, 0.6) is 0 Å². The van der Waals surface area contributed by atoms with Gasteiger partial charge < -0.3 is 14.5 Å². The van der Waals surface area contributed by atoms with Crippen molar-refractivity contribution in [3.63, 3.8) is 0 Å². The second kappa shape index (κ2) is 5.83. The first-order valence-electron chi connectivity index (χ1n) is 7.49. The fourth-order valence-electron chi connectivity index (χ4n) is 3.20. The van der Waals surface area contributed by atoms with Crippen LogP contribution < -0.4 is 9.80 Å². The molecule has 2 heterocycles. The van der Waals surface area contributed by atoms with Gasteiger partial charge in [-0.15, -0.1) is 0 Å². The minimum atomic E-state index is 0.458. The van der Waals surface area contributed by atoms with Gasteiger partial charge in [0, 0.05) is 44.7 Å². The molecule has 0 aliphatic carbocycles. The van der Waals surface area contributed by atoms with Crippen LogP contribution in [-0.2, 0) is 4.74 Å². The topological polar surface area (TPSA) is 15.7 Å². The molecule has 0 unspecified atom stereocenters. The molecule has 3 nitrogen and oxygen atoms in total. The number of rotatable bonds is 3. The molecular formula is C16H24N2O. The standard InChI is InChI=1S/C16H24N2O/c1-19-16-8-12-18(13-9-16)15-6-4-14(5-7-15)17-10-2-3-11-17/h4-7,16H,2-3,8-13H2,1H3. The average Bonchev–Trinajstić information content (AvgIpc) is 3.02. The second-order valence-electron chi connectivity index (χ2n) is 5.63. The lowest BCUT2D eigenvalue weighted by molar-refractivity contribution is 0.0819. The largest absolute Gasteiger partial charge is 0.381 e. The highest BCUT2D eigenvalue weighted by Gasteiger charge is 2.19. The Balaban J connectivity index is 1.62. The summed E-state index contributed by atoms with van der Waals surface area (Å²) in [6.07, 6.45) is 5.42. The lowest BCUT2D eigenvalue weighted by atomic mass is 10.1. The van der Waals surface area contributed by atoms with Gasteiger partial charge in [0.25, 0.3) is 0 Å². The Morgan fingerprint density at radius 2 is 1.32 bits per heavy atom. The van der Waals surface area contributed by atoms with Gasteiger partial charge in [-0.25, -0.2) is 0 Å². The SMILES string of the molecule is COC1CCN(c2ccc(N3CCCC3)cc2)CC1. The molecule has 0 amide bonds. The zero-order valence-electron chi connectivity index (χ0n) is 11.8. The minimum absolute atomic E-state index is 0.458. The van der Waals surface area contributed by atoms with Crippen molar-refractivity contribution < 1.29 is 4.74 Å².